The molecule has 2 heterocycles. The Kier molecular flexibility index (Phi) is 8.90. The smallest absolute Gasteiger partial charge is 0.416 e. The molecule has 1 aromatic carbocycles. The first-order valence-electron chi connectivity index (χ1n) is 12.3. The van der Waals surface area contributed by atoms with Gasteiger partial charge in [-0.05, 0) is 46.2 Å². The van der Waals surface area contributed by atoms with Crippen LogP contribution in [-0.2, 0) is 17.5 Å². The van der Waals surface area contributed by atoms with Crippen LogP contribution in [0.1, 0.15) is 45.2 Å². The maximum absolute atomic E-state index is 15.3. The Balaban J connectivity index is 1.70. The van der Waals surface area contributed by atoms with Crippen LogP contribution in [-0.4, -0.2) is 74.7 Å². The number of aromatic nitrogens is 2. The van der Waals surface area contributed by atoms with Gasteiger partial charge in [-0.3, -0.25) is 0 Å². The molecule has 1 fully saturated rings. The van der Waals surface area contributed by atoms with Crippen molar-refractivity contribution in [2.45, 2.75) is 64.1 Å². The summed E-state index contributed by atoms with van der Waals surface area (Å²) in [6.07, 6.45) is -5.70. The van der Waals surface area contributed by atoms with Crippen molar-refractivity contribution in [1.29, 1.82) is 0 Å². The molecule has 14 heteroatoms. The molecular formula is C25H32F5N5O4. The van der Waals surface area contributed by atoms with Crippen molar-refractivity contribution in [3.05, 3.63) is 47.3 Å². The maximum Gasteiger partial charge on any atom is 0.416 e. The lowest BCUT2D eigenvalue weighted by molar-refractivity contribution is -0.137. The second kappa shape index (κ2) is 11.5. The van der Waals surface area contributed by atoms with Gasteiger partial charge < -0.3 is 30.1 Å². The second-order valence-electron chi connectivity index (χ2n) is 10.3. The van der Waals surface area contributed by atoms with Gasteiger partial charge in [-0.1, -0.05) is 6.07 Å². The zero-order valence-corrected chi connectivity index (χ0v) is 22.0. The molecule has 0 aliphatic carbocycles. The van der Waals surface area contributed by atoms with Crippen molar-refractivity contribution >= 4 is 17.7 Å². The Morgan fingerprint density at radius 3 is 2.51 bits per heavy atom. The topological polar surface area (TPSA) is 111 Å². The molecule has 1 aliphatic rings. The largest absolute Gasteiger partial charge is 0.444 e. The highest BCUT2D eigenvalue weighted by Gasteiger charge is 2.43. The number of carbonyl (C=O) groups is 1. The molecule has 2 atom stereocenters. The van der Waals surface area contributed by atoms with Gasteiger partial charge in [-0.15, -0.1) is 0 Å². The molecule has 1 aliphatic heterocycles. The lowest BCUT2D eigenvalue weighted by atomic mass is 9.88. The number of aliphatic hydroxyl groups is 2. The van der Waals surface area contributed by atoms with Gasteiger partial charge in [0.05, 0.1) is 12.1 Å². The average molecular weight is 562 g/mol. The molecule has 9 nitrogen and oxygen atoms in total. The molecule has 1 amide bonds. The molecule has 2 aromatic rings. The van der Waals surface area contributed by atoms with Crippen molar-refractivity contribution in [3.63, 3.8) is 0 Å². The zero-order chi connectivity index (χ0) is 29.2. The van der Waals surface area contributed by atoms with Crippen LogP contribution in [0.15, 0.2) is 24.5 Å². The van der Waals surface area contributed by atoms with Crippen LogP contribution in [0.2, 0.25) is 0 Å². The normalized spacial score (nSPS) is 20.1. The van der Waals surface area contributed by atoms with Gasteiger partial charge in [-0.2, -0.15) is 17.6 Å². The van der Waals surface area contributed by atoms with Crippen molar-refractivity contribution < 1.29 is 41.7 Å². The standard InChI is InChI=1S/C25H32F5N5O4/c1-5-34(11-15-6-7-16(10-17(15)26)25(28,29)30)21-19(27)20(32-14-33-21)31-13-24(38)8-9-35(12-18(24)36)22(37)39-23(2,3)4/h6-7,10,14,18,36,38H,5,8-9,11-13H2,1-4H3,(H,31,32,33)/t18-,24-/m0/s1. The minimum atomic E-state index is -4.70. The molecule has 1 saturated heterocycles. The second-order valence-corrected chi connectivity index (χ2v) is 10.3. The number of benzene rings is 1. The molecule has 3 rings (SSSR count). The predicted octanol–water partition coefficient (Wildman–Crippen LogP) is 3.94. The summed E-state index contributed by atoms with van der Waals surface area (Å²) in [7, 11) is 0. The molecule has 1 aromatic heterocycles. The van der Waals surface area contributed by atoms with Gasteiger partial charge in [0, 0.05) is 31.7 Å². The van der Waals surface area contributed by atoms with E-state index in [2.05, 4.69) is 15.3 Å². The lowest BCUT2D eigenvalue weighted by Crippen LogP contribution is -2.60. The molecule has 216 valence electrons. The number of piperidine rings is 1. The summed E-state index contributed by atoms with van der Waals surface area (Å²) in [5.74, 6) is -2.57. The number of likely N-dealkylation sites (tertiary alicyclic amines) is 1. The van der Waals surface area contributed by atoms with E-state index in [0.717, 1.165) is 18.5 Å². The van der Waals surface area contributed by atoms with Crippen LogP contribution >= 0.6 is 0 Å². The first-order valence-corrected chi connectivity index (χ1v) is 12.3. The Bertz CT molecular complexity index is 1180. The summed E-state index contributed by atoms with van der Waals surface area (Å²) < 4.78 is 73.6. The predicted molar refractivity (Wildman–Crippen MR) is 132 cm³/mol. The van der Waals surface area contributed by atoms with Gasteiger partial charge in [0.15, 0.2) is 11.6 Å². The van der Waals surface area contributed by atoms with E-state index in [9.17, 15) is 32.6 Å². The average Bonchev–Trinajstić information content (AvgIpc) is 2.83. The summed E-state index contributed by atoms with van der Waals surface area (Å²) >= 11 is 0. The number of halogens is 5. The number of hydrogen-bond donors (Lipinski definition) is 3. The third kappa shape index (κ3) is 7.44. The molecule has 0 unspecified atom stereocenters. The fourth-order valence-corrected chi connectivity index (χ4v) is 4.00. The summed E-state index contributed by atoms with van der Waals surface area (Å²) in [5, 5.41) is 24.2. The van der Waals surface area contributed by atoms with Crippen molar-refractivity contribution in [2.24, 2.45) is 0 Å². The van der Waals surface area contributed by atoms with E-state index < -0.39 is 46.8 Å². The number of alkyl halides is 3. The highest BCUT2D eigenvalue weighted by Crippen LogP contribution is 2.31. The quantitative estimate of drug-likeness (QED) is 0.436. The van der Waals surface area contributed by atoms with E-state index in [-0.39, 0.29) is 56.3 Å². The third-order valence-corrected chi connectivity index (χ3v) is 6.24. The Morgan fingerprint density at radius 2 is 1.95 bits per heavy atom. The molecule has 3 N–H and O–H groups in total. The molecule has 0 radical (unpaired) electrons. The summed E-state index contributed by atoms with van der Waals surface area (Å²) in [5.41, 5.74) is -3.68. The van der Waals surface area contributed by atoms with Gasteiger partial charge >= 0.3 is 12.3 Å². The molecule has 39 heavy (non-hydrogen) atoms. The minimum Gasteiger partial charge on any atom is -0.444 e. The van der Waals surface area contributed by atoms with Crippen LogP contribution in [0.4, 0.5) is 38.4 Å². The number of ether oxygens (including phenoxy) is 1. The Morgan fingerprint density at radius 1 is 1.26 bits per heavy atom. The van der Waals surface area contributed by atoms with E-state index in [1.54, 1.807) is 27.7 Å². The van der Waals surface area contributed by atoms with Crippen LogP contribution in [0.3, 0.4) is 0 Å². The molecule has 0 spiro atoms. The van der Waals surface area contributed by atoms with Crippen LogP contribution in [0.25, 0.3) is 0 Å². The number of nitrogens with one attached hydrogen (secondary N) is 1. The van der Waals surface area contributed by atoms with E-state index in [1.165, 1.54) is 9.80 Å². The van der Waals surface area contributed by atoms with Crippen LogP contribution in [0, 0.1) is 11.6 Å². The van der Waals surface area contributed by atoms with Gasteiger partial charge in [0.2, 0.25) is 5.82 Å². The number of amides is 1. The number of β-amino-alcohol motifs (C(OH)–C–C–N with tert-alkyl or cyclic N) is 1. The first-order chi connectivity index (χ1) is 18.0. The molecular weight excluding hydrogens is 529 g/mol. The zero-order valence-electron chi connectivity index (χ0n) is 22.0. The van der Waals surface area contributed by atoms with Gasteiger partial charge in [0.1, 0.15) is 29.5 Å². The summed E-state index contributed by atoms with van der Waals surface area (Å²) in [6.45, 7) is 6.18. The van der Waals surface area contributed by atoms with Crippen LogP contribution < -0.4 is 10.2 Å². The van der Waals surface area contributed by atoms with E-state index in [4.69, 9.17) is 4.74 Å². The number of nitrogens with zero attached hydrogens (tertiary/aromatic N) is 4. The highest BCUT2D eigenvalue weighted by molar-refractivity contribution is 5.68. The first kappa shape index (κ1) is 30.3. The fourth-order valence-electron chi connectivity index (χ4n) is 4.00. The third-order valence-electron chi connectivity index (χ3n) is 6.24. The van der Waals surface area contributed by atoms with Crippen molar-refractivity contribution in [1.82, 2.24) is 14.9 Å². The van der Waals surface area contributed by atoms with Gasteiger partial charge in [-0.25, -0.2) is 19.2 Å². The monoisotopic (exact) mass is 561 g/mol. The van der Waals surface area contributed by atoms with Crippen molar-refractivity contribution in [3.8, 4) is 0 Å². The fraction of sp³-hybridized carbons (Fsp3) is 0.560. The Labute approximate surface area is 222 Å². The number of aliphatic hydroxyl groups excluding tert-OH is 1. The van der Waals surface area contributed by atoms with Crippen molar-refractivity contribution in [2.75, 3.05) is 36.4 Å². The summed E-state index contributed by atoms with van der Waals surface area (Å²) in [4.78, 5) is 22.6. The molecule has 0 saturated carbocycles. The number of carbonyl (C=O) groups excluding carboxylic acids is 1. The van der Waals surface area contributed by atoms with E-state index >= 15 is 4.39 Å². The van der Waals surface area contributed by atoms with Gasteiger partial charge in [0.25, 0.3) is 0 Å². The van der Waals surface area contributed by atoms with E-state index in [1.807, 2.05) is 0 Å². The molecule has 0 bridgehead atoms. The number of rotatable bonds is 7. The number of anilines is 2. The highest BCUT2D eigenvalue weighted by atomic mass is 19.4. The Hall–Kier alpha value is -3.26. The SMILES string of the molecule is CCN(Cc1ccc(C(F)(F)F)cc1F)c1ncnc(NC[C@@]2(O)CCN(C(=O)OC(C)(C)C)C[C@@H]2O)c1F. The van der Waals surface area contributed by atoms with E-state index in [0.29, 0.717) is 6.07 Å². The summed E-state index contributed by atoms with van der Waals surface area (Å²) in [6, 6.07) is 2.11. The lowest BCUT2D eigenvalue weighted by Gasteiger charge is -2.42. The van der Waals surface area contributed by atoms with Crippen LogP contribution in [0.5, 0.6) is 0 Å². The minimum absolute atomic E-state index is 0.0335. The number of hydrogen-bond acceptors (Lipinski definition) is 8. The maximum atomic E-state index is 15.3.